The topological polar surface area (TPSA) is 52.2 Å². The number of hydrogen-bond acceptors (Lipinski definition) is 3. The number of carbonyl (C=O) groups is 1. The molecule has 0 spiro atoms. The summed E-state index contributed by atoms with van der Waals surface area (Å²) in [6.07, 6.45) is 0.939. The van der Waals surface area contributed by atoms with E-state index in [1.54, 1.807) is 0 Å². The first-order valence-electron chi connectivity index (χ1n) is 8.76. The Balaban J connectivity index is 1.49. The van der Waals surface area contributed by atoms with Crippen LogP contribution in [0.15, 0.2) is 48.5 Å². The first-order chi connectivity index (χ1) is 12.2. The number of aryl methyl sites for hydroxylation is 1. The Kier molecular flexibility index (Phi) is 4.14. The number of imidazole rings is 1. The Morgan fingerprint density at radius 1 is 1.04 bits per heavy atom. The number of rotatable bonds is 2. The van der Waals surface area contributed by atoms with Gasteiger partial charge in [-0.3, -0.25) is 4.79 Å². The van der Waals surface area contributed by atoms with Crippen molar-refractivity contribution in [2.75, 3.05) is 31.1 Å². The first-order valence-corrected chi connectivity index (χ1v) is 8.76. The minimum Gasteiger partial charge on any atom is -0.341 e. The van der Waals surface area contributed by atoms with Gasteiger partial charge in [0.05, 0.1) is 11.0 Å². The Morgan fingerprint density at radius 2 is 1.92 bits per heavy atom. The molecule has 0 saturated carbocycles. The van der Waals surface area contributed by atoms with Crippen LogP contribution in [0.5, 0.6) is 0 Å². The molecule has 2 aromatic carbocycles. The van der Waals surface area contributed by atoms with Crippen LogP contribution in [0.3, 0.4) is 0 Å². The molecular weight excluding hydrogens is 312 g/mol. The summed E-state index contributed by atoms with van der Waals surface area (Å²) < 4.78 is 0. The number of H-pyrrole nitrogens is 1. The Hall–Kier alpha value is -2.82. The van der Waals surface area contributed by atoms with Gasteiger partial charge < -0.3 is 14.8 Å². The van der Waals surface area contributed by atoms with Gasteiger partial charge in [0.2, 0.25) is 5.95 Å². The van der Waals surface area contributed by atoms with E-state index in [4.69, 9.17) is 0 Å². The van der Waals surface area contributed by atoms with E-state index in [1.807, 2.05) is 60.4 Å². The van der Waals surface area contributed by atoms with Crippen LogP contribution >= 0.6 is 0 Å². The van der Waals surface area contributed by atoms with E-state index in [2.05, 4.69) is 14.9 Å². The van der Waals surface area contributed by atoms with Gasteiger partial charge in [0, 0.05) is 31.7 Å². The van der Waals surface area contributed by atoms with Crippen LogP contribution in [-0.2, 0) is 0 Å². The highest BCUT2D eigenvalue weighted by atomic mass is 16.2. The summed E-state index contributed by atoms with van der Waals surface area (Å²) in [4.78, 5) is 25.0. The quantitative estimate of drug-likeness (QED) is 0.783. The van der Waals surface area contributed by atoms with Gasteiger partial charge in [0.15, 0.2) is 0 Å². The standard InChI is InChI=1S/C20H22N4O/c1-15-6-4-7-16(14-15)19(25)23-10-5-11-24(13-12-23)20-21-17-8-2-3-9-18(17)22-20/h2-4,6-9,14H,5,10-13H2,1H3,(H,21,22). The van der Waals surface area contributed by atoms with Gasteiger partial charge in [-0.15, -0.1) is 0 Å². The van der Waals surface area contributed by atoms with E-state index >= 15 is 0 Å². The summed E-state index contributed by atoms with van der Waals surface area (Å²) in [6, 6.07) is 15.9. The molecule has 1 saturated heterocycles. The number of amides is 1. The van der Waals surface area contributed by atoms with Crippen molar-refractivity contribution in [3.05, 3.63) is 59.7 Å². The lowest BCUT2D eigenvalue weighted by Gasteiger charge is -2.22. The molecule has 1 fully saturated rings. The third-order valence-electron chi connectivity index (χ3n) is 4.72. The van der Waals surface area contributed by atoms with Crippen molar-refractivity contribution in [3.8, 4) is 0 Å². The lowest BCUT2D eigenvalue weighted by molar-refractivity contribution is 0.0767. The maximum Gasteiger partial charge on any atom is 0.253 e. The number of para-hydroxylation sites is 2. The predicted molar refractivity (Wildman–Crippen MR) is 100 cm³/mol. The second-order valence-corrected chi connectivity index (χ2v) is 6.58. The molecule has 0 atom stereocenters. The van der Waals surface area contributed by atoms with Crippen molar-refractivity contribution in [2.45, 2.75) is 13.3 Å². The van der Waals surface area contributed by atoms with Crippen molar-refractivity contribution < 1.29 is 4.79 Å². The number of fused-ring (bicyclic) bond motifs is 1. The molecule has 0 radical (unpaired) electrons. The Morgan fingerprint density at radius 3 is 2.76 bits per heavy atom. The highest BCUT2D eigenvalue weighted by Crippen LogP contribution is 2.19. The lowest BCUT2D eigenvalue weighted by Crippen LogP contribution is -2.35. The summed E-state index contributed by atoms with van der Waals surface area (Å²) in [5.41, 5.74) is 3.92. The Labute approximate surface area is 147 Å². The first kappa shape index (κ1) is 15.7. The minimum atomic E-state index is 0.121. The molecule has 5 nitrogen and oxygen atoms in total. The van der Waals surface area contributed by atoms with Gasteiger partial charge in [-0.2, -0.15) is 0 Å². The van der Waals surface area contributed by atoms with Crippen LogP contribution < -0.4 is 4.90 Å². The van der Waals surface area contributed by atoms with Gasteiger partial charge in [-0.25, -0.2) is 4.98 Å². The highest BCUT2D eigenvalue weighted by Gasteiger charge is 2.21. The molecule has 4 rings (SSSR count). The predicted octanol–water partition coefficient (Wildman–Crippen LogP) is 3.22. The number of carbonyl (C=O) groups excluding carboxylic acids is 1. The lowest BCUT2D eigenvalue weighted by atomic mass is 10.1. The molecule has 1 aromatic heterocycles. The van der Waals surface area contributed by atoms with Crippen LogP contribution in [0.25, 0.3) is 11.0 Å². The average Bonchev–Trinajstić information content (AvgIpc) is 2.90. The van der Waals surface area contributed by atoms with Crippen LogP contribution in [0.2, 0.25) is 0 Å². The molecular formula is C20H22N4O. The third kappa shape index (κ3) is 3.22. The molecule has 2 heterocycles. The van der Waals surface area contributed by atoms with Gasteiger partial charge in [0.1, 0.15) is 0 Å². The monoisotopic (exact) mass is 334 g/mol. The average molecular weight is 334 g/mol. The van der Waals surface area contributed by atoms with Crippen molar-refractivity contribution in [3.63, 3.8) is 0 Å². The maximum absolute atomic E-state index is 12.8. The number of aromatic nitrogens is 2. The van der Waals surface area contributed by atoms with E-state index < -0.39 is 0 Å². The molecule has 1 aliphatic rings. The molecule has 25 heavy (non-hydrogen) atoms. The minimum absolute atomic E-state index is 0.121. The normalized spacial score (nSPS) is 15.4. The van der Waals surface area contributed by atoms with Gasteiger partial charge in [-0.1, -0.05) is 29.8 Å². The van der Waals surface area contributed by atoms with E-state index in [1.165, 1.54) is 0 Å². The Bertz CT molecular complexity index is 868. The van der Waals surface area contributed by atoms with Gasteiger partial charge in [0.25, 0.3) is 5.91 Å². The fourth-order valence-corrected chi connectivity index (χ4v) is 3.38. The van der Waals surface area contributed by atoms with Crippen LogP contribution in [-0.4, -0.2) is 47.0 Å². The SMILES string of the molecule is Cc1cccc(C(=O)N2CCCN(c3nc4ccccc4[nH]3)CC2)c1. The maximum atomic E-state index is 12.8. The molecule has 0 aliphatic carbocycles. The number of anilines is 1. The largest absolute Gasteiger partial charge is 0.341 e. The second-order valence-electron chi connectivity index (χ2n) is 6.58. The molecule has 1 amide bonds. The van der Waals surface area contributed by atoms with E-state index in [-0.39, 0.29) is 5.91 Å². The second kappa shape index (κ2) is 6.59. The number of hydrogen-bond donors (Lipinski definition) is 1. The summed E-state index contributed by atoms with van der Waals surface area (Å²) in [7, 11) is 0. The fourth-order valence-electron chi connectivity index (χ4n) is 3.38. The van der Waals surface area contributed by atoms with E-state index in [9.17, 15) is 4.79 Å². The molecule has 0 unspecified atom stereocenters. The number of nitrogens with one attached hydrogen (secondary N) is 1. The van der Waals surface area contributed by atoms with Crippen molar-refractivity contribution in [2.24, 2.45) is 0 Å². The van der Waals surface area contributed by atoms with Crippen molar-refractivity contribution >= 4 is 22.9 Å². The molecule has 3 aromatic rings. The summed E-state index contributed by atoms with van der Waals surface area (Å²) >= 11 is 0. The molecule has 1 N–H and O–H groups in total. The number of aromatic amines is 1. The van der Waals surface area contributed by atoms with E-state index in [0.717, 1.165) is 54.2 Å². The van der Waals surface area contributed by atoms with Crippen LogP contribution in [0.1, 0.15) is 22.3 Å². The smallest absolute Gasteiger partial charge is 0.253 e. The van der Waals surface area contributed by atoms with Crippen molar-refractivity contribution in [1.82, 2.24) is 14.9 Å². The highest BCUT2D eigenvalue weighted by molar-refractivity contribution is 5.94. The summed E-state index contributed by atoms with van der Waals surface area (Å²) in [6.45, 7) is 5.20. The summed E-state index contributed by atoms with van der Waals surface area (Å²) in [5, 5.41) is 0. The number of benzene rings is 2. The van der Waals surface area contributed by atoms with Crippen LogP contribution in [0, 0.1) is 6.92 Å². The fraction of sp³-hybridized carbons (Fsp3) is 0.300. The van der Waals surface area contributed by atoms with Crippen LogP contribution in [0.4, 0.5) is 5.95 Å². The molecule has 1 aliphatic heterocycles. The zero-order valence-electron chi connectivity index (χ0n) is 14.4. The zero-order valence-corrected chi connectivity index (χ0v) is 14.4. The third-order valence-corrected chi connectivity index (χ3v) is 4.72. The zero-order chi connectivity index (χ0) is 17.2. The van der Waals surface area contributed by atoms with Gasteiger partial charge in [-0.05, 0) is 37.6 Å². The number of nitrogens with zero attached hydrogens (tertiary/aromatic N) is 3. The van der Waals surface area contributed by atoms with E-state index in [0.29, 0.717) is 6.54 Å². The summed E-state index contributed by atoms with van der Waals surface area (Å²) in [5.74, 6) is 1.02. The van der Waals surface area contributed by atoms with Gasteiger partial charge >= 0.3 is 0 Å². The molecule has 0 bridgehead atoms. The van der Waals surface area contributed by atoms with Crippen molar-refractivity contribution in [1.29, 1.82) is 0 Å². The molecule has 5 heteroatoms. The molecule has 128 valence electrons.